The average Bonchev–Trinajstić information content (AvgIpc) is 2.80. The SMILES string of the molecule is CCOC(=O)C=C(c1ccc(C(=O)OC)cc1)c1c(C)cc2c(c1C=O)C(C)(C)CCC2(C)C. The number of benzene rings is 2. The van der Waals surface area contributed by atoms with Crippen LogP contribution in [0.1, 0.15) is 96.0 Å². The Morgan fingerprint density at radius 3 is 2.15 bits per heavy atom. The summed E-state index contributed by atoms with van der Waals surface area (Å²) in [4.78, 5) is 37.2. The van der Waals surface area contributed by atoms with E-state index in [0.29, 0.717) is 22.3 Å². The van der Waals surface area contributed by atoms with Gasteiger partial charge in [0.05, 0.1) is 19.3 Å². The van der Waals surface area contributed by atoms with Crippen LogP contribution < -0.4 is 0 Å². The van der Waals surface area contributed by atoms with Crippen molar-refractivity contribution < 1.29 is 23.9 Å². The molecule has 180 valence electrons. The molecule has 34 heavy (non-hydrogen) atoms. The molecule has 0 atom stereocenters. The second kappa shape index (κ2) is 9.57. The Kier molecular flexibility index (Phi) is 7.15. The fourth-order valence-corrected chi connectivity index (χ4v) is 4.97. The van der Waals surface area contributed by atoms with Crippen molar-refractivity contribution in [3.05, 3.63) is 75.4 Å². The summed E-state index contributed by atoms with van der Waals surface area (Å²) < 4.78 is 10.0. The molecule has 3 rings (SSSR count). The van der Waals surface area contributed by atoms with Gasteiger partial charge in [0, 0.05) is 11.6 Å². The summed E-state index contributed by atoms with van der Waals surface area (Å²) in [6, 6.07) is 9.00. The summed E-state index contributed by atoms with van der Waals surface area (Å²) in [5.41, 5.74) is 5.94. The fraction of sp³-hybridized carbons (Fsp3) is 0.414. The number of esters is 2. The van der Waals surface area contributed by atoms with Crippen LogP contribution in [0.3, 0.4) is 0 Å². The van der Waals surface area contributed by atoms with E-state index in [1.165, 1.54) is 18.7 Å². The molecule has 0 bridgehead atoms. The van der Waals surface area contributed by atoms with Gasteiger partial charge in [0.2, 0.25) is 0 Å². The normalized spacial score (nSPS) is 16.4. The van der Waals surface area contributed by atoms with E-state index >= 15 is 0 Å². The van der Waals surface area contributed by atoms with Crippen LogP contribution in [-0.2, 0) is 25.1 Å². The highest BCUT2D eigenvalue weighted by atomic mass is 16.5. The van der Waals surface area contributed by atoms with Crippen molar-refractivity contribution in [2.24, 2.45) is 0 Å². The van der Waals surface area contributed by atoms with Crippen molar-refractivity contribution >= 4 is 23.8 Å². The van der Waals surface area contributed by atoms with Crippen molar-refractivity contribution in [2.45, 2.75) is 65.2 Å². The summed E-state index contributed by atoms with van der Waals surface area (Å²) in [7, 11) is 1.33. The zero-order valence-electron chi connectivity index (χ0n) is 21.2. The van der Waals surface area contributed by atoms with E-state index in [0.717, 1.165) is 35.8 Å². The zero-order chi connectivity index (χ0) is 25.3. The minimum Gasteiger partial charge on any atom is -0.465 e. The summed E-state index contributed by atoms with van der Waals surface area (Å²) in [5, 5.41) is 0. The Hall–Kier alpha value is -3.21. The summed E-state index contributed by atoms with van der Waals surface area (Å²) in [5.74, 6) is -0.923. The van der Waals surface area contributed by atoms with Crippen LogP contribution in [0.2, 0.25) is 0 Å². The third-order valence-corrected chi connectivity index (χ3v) is 6.90. The molecule has 0 N–H and O–H groups in total. The van der Waals surface area contributed by atoms with Gasteiger partial charge in [-0.3, -0.25) is 4.79 Å². The minimum absolute atomic E-state index is 0.0565. The van der Waals surface area contributed by atoms with Crippen molar-refractivity contribution in [3.8, 4) is 0 Å². The van der Waals surface area contributed by atoms with Crippen LogP contribution in [0, 0.1) is 6.92 Å². The second-order valence-electron chi connectivity index (χ2n) is 10.2. The van der Waals surface area contributed by atoms with Crippen LogP contribution in [0.15, 0.2) is 36.4 Å². The Bertz CT molecular complexity index is 1150. The molecule has 0 radical (unpaired) electrons. The van der Waals surface area contributed by atoms with Gasteiger partial charge in [0.15, 0.2) is 6.29 Å². The molecule has 0 saturated heterocycles. The van der Waals surface area contributed by atoms with Crippen LogP contribution in [0.25, 0.3) is 5.57 Å². The van der Waals surface area contributed by atoms with E-state index in [2.05, 4.69) is 33.8 Å². The lowest BCUT2D eigenvalue weighted by atomic mass is 9.61. The quantitative estimate of drug-likeness (QED) is 0.302. The highest BCUT2D eigenvalue weighted by molar-refractivity contribution is 6.02. The first-order valence-corrected chi connectivity index (χ1v) is 11.7. The molecule has 1 aliphatic carbocycles. The molecule has 0 aliphatic heterocycles. The van der Waals surface area contributed by atoms with Crippen molar-refractivity contribution in [2.75, 3.05) is 13.7 Å². The standard InChI is InChI=1S/C29H34O5/c1-8-34-24(31)16-21(19-9-11-20(12-10-19)27(32)33-7)25-18(2)15-23-26(22(25)17-30)29(5,6)14-13-28(23,3)4/h9-12,15-17H,8,13-14H2,1-7H3. The lowest BCUT2D eigenvalue weighted by molar-refractivity contribution is -0.137. The third-order valence-electron chi connectivity index (χ3n) is 6.90. The number of carbonyl (C=O) groups is 3. The van der Waals surface area contributed by atoms with E-state index in [1.807, 2.05) is 6.92 Å². The van der Waals surface area contributed by atoms with Crippen LogP contribution in [0.4, 0.5) is 0 Å². The predicted octanol–water partition coefficient (Wildman–Crippen LogP) is 5.94. The lowest BCUT2D eigenvalue weighted by Gasteiger charge is -2.43. The summed E-state index contributed by atoms with van der Waals surface area (Å²) in [6.45, 7) is 12.8. The summed E-state index contributed by atoms with van der Waals surface area (Å²) >= 11 is 0. The molecule has 5 heteroatoms. The minimum atomic E-state index is -0.483. The molecule has 0 spiro atoms. The molecule has 0 saturated carbocycles. The Morgan fingerprint density at radius 2 is 1.59 bits per heavy atom. The Labute approximate surface area is 202 Å². The number of rotatable bonds is 6. The van der Waals surface area contributed by atoms with E-state index in [1.54, 1.807) is 31.2 Å². The van der Waals surface area contributed by atoms with Crippen LogP contribution in [0.5, 0.6) is 0 Å². The molecule has 0 unspecified atom stereocenters. The highest BCUT2D eigenvalue weighted by Gasteiger charge is 2.40. The van der Waals surface area contributed by atoms with Gasteiger partial charge in [0.25, 0.3) is 0 Å². The molecule has 0 heterocycles. The number of ether oxygens (including phenoxy) is 2. The fourth-order valence-electron chi connectivity index (χ4n) is 4.97. The van der Waals surface area contributed by atoms with E-state index in [-0.39, 0.29) is 17.4 Å². The maximum Gasteiger partial charge on any atom is 0.337 e. The molecule has 0 amide bonds. The predicted molar refractivity (Wildman–Crippen MR) is 133 cm³/mol. The van der Waals surface area contributed by atoms with Crippen molar-refractivity contribution in [1.82, 2.24) is 0 Å². The van der Waals surface area contributed by atoms with Crippen LogP contribution in [-0.4, -0.2) is 31.9 Å². The topological polar surface area (TPSA) is 69.7 Å². The molecule has 2 aromatic rings. The molecular formula is C29H34O5. The maximum atomic E-state index is 12.7. The molecule has 1 aliphatic rings. The molecule has 0 aromatic heterocycles. The van der Waals surface area contributed by atoms with Crippen LogP contribution >= 0.6 is 0 Å². The van der Waals surface area contributed by atoms with E-state index in [9.17, 15) is 14.4 Å². The van der Waals surface area contributed by atoms with Gasteiger partial charge >= 0.3 is 11.9 Å². The average molecular weight is 463 g/mol. The van der Waals surface area contributed by atoms with Gasteiger partial charge in [0.1, 0.15) is 0 Å². The monoisotopic (exact) mass is 462 g/mol. The van der Waals surface area contributed by atoms with Gasteiger partial charge in [-0.25, -0.2) is 9.59 Å². The lowest BCUT2D eigenvalue weighted by Crippen LogP contribution is -2.35. The first-order valence-electron chi connectivity index (χ1n) is 11.7. The molecular weight excluding hydrogens is 428 g/mol. The first-order chi connectivity index (χ1) is 16.0. The molecule has 2 aromatic carbocycles. The van der Waals surface area contributed by atoms with E-state index < -0.39 is 11.9 Å². The Balaban J connectivity index is 2.34. The number of hydrogen-bond acceptors (Lipinski definition) is 5. The number of aldehydes is 1. The zero-order valence-corrected chi connectivity index (χ0v) is 21.2. The number of carbonyl (C=O) groups excluding carboxylic acids is 3. The second-order valence-corrected chi connectivity index (χ2v) is 10.2. The van der Waals surface area contributed by atoms with Gasteiger partial charge < -0.3 is 9.47 Å². The molecule has 5 nitrogen and oxygen atoms in total. The van der Waals surface area contributed by atoms with Gasteiger partial charge in [-0.05, 0) is 83.0 Å². The van der Waals surface area contributed by atoms with Gasteiger partial charge in [-0.15, -0.1) is 0 Å². The Morgan fingerprint density at radius 1 is 1.00 bits per heavy atom. The number of fused-ring (bicyclic) bond motifs is 1. The largest absolute Gasteiger partial charge is 0.465 e. The van der Waals surface area contributed by atoms with Crippen molar-refractivity contribution in [1.29, 1.82) is 0 Å². The molecule has 0 fully saturated rings. The number of methoxy groups -OCH3 is 1. The number of aryl methyl sites for hydroxylation is 1. The summed E-state index contributed by atoms with van der Waals surface area (Å²) in [6.07, 6.45) is 4.36. The number of hydrogen-bond donors (Lipinski definition) is 0. The van der Waals surface area contributed by atoms with Gasteiger partial charge in [-0.2, -0.15) is 0 Å². The van der Waals surface area contributed by atoms with Gasteiger partial charge in [-0.1, -0.05) is 45.9 Å². The third kappa shape index (κ3) is 4.70. The van der Waals surface area contributed by atoms with E-state index in [4.69, 9.17) is 9.47 Å². The highest BCUT2D eigenvalue weighted by Crippen LogP contribution is 2.49. The van der Waals surface area contributed by atoms with Crippen molar-refractivity contribution in [3.63, 3.8) is 0 Å². The first kappa shape index (κ1) is 25.4. The smallest absolute Gasteiger partial charge is 0.337 e. The maximum absolute atomic E-state index is 12.7.